The molecule has 2 rings (SSSR count). The standard InChI is InChI=1S/C13H15NO4/c1-16-8-5-14(9-12-3-2-6-18-12)13(15)11-4-7-17-10-11/h2-4,6-7,10H,5,8-9H2,1H3. The molecule has 0 bridgehead atoms. The summed E-state index contributed by atoms with van der Waals surface area (Å²) >= 11 is 0. The Hall–Kier alpha value is -2.01. The molecule has 0 unspecified atom stereocenters. The summed E-state index contributed by atoms with van der Waals surface area (Å²) in [6, 6.07) is 5.28. The molecule has 0 aromatic carbocycles. The fraction of sp³-hybridized carbons (Fsp3) is 0.308. The number of rotatable bonds is 6. The van der Waals surface area contributed by atoms with Gasteiger partial charge in [0, 0.05) is 13.7 Å². The Kier molecular flexibility index (Phi) is 4.20. The average Bonchev–Trinajstić information content (AvgIpc) is 3.06. The molecule has 0 radical (unpaired) electrons. The molecule has 0 N–H and O–H groups in total. The Morgan fingerprint density at radius 3 is 2.89 bits per heavy atom. The van der Waals surface area contributed by atoms with Crippen LogP contribution in [0.1, 0.15) is 16.1 Å². The van der Waals surface area contributed by atoms with Gasteiger partial charge < -0.3 is 18.5 Å². The molecule has 0 atom stereocenters. The second kappa shape index (κ2) is 6.07. The summed E-state index contributed by atoms with van der Waals surface area (Å²) in [7, 11) is 1.60. The van der Waals surface area contributed by atoms with Crippen LogP contribution in [0.4, 0.5) is 0 Å². The lowest BCUT2D eigenvalue weighted by atomic mass is 10.2. The van der Waals surface area contributed by atoms with Gasteiger partial charge in [-0.2, -0.15) is 0 Å². The Labute approximate surface area is 105 Å². The SMILES string of the molecule is COCCN(Cc1ccco1)C(=O)c1ccoc1. The lowest BCUT2D eigenvalue weighted by molar-refractivity contribution is 0.0666. The van der Waals surface area contributed by atoms with E-state index in [1.807, 2.05) is 6.07 Å². The van der Waals surface area contributed by atoms with E-state index >= 15 is 0 Å². The first-order chi connectivity index (χ1) is 8.81. The Bertz CT molecular complexity index is 461. The van der Waals surface area contributed by atoms with Gasteiger partial charge in [-0.3, -0.25) is 4.79 Å². The van der Waals surface area contributed by atoms with E-state index in [4.69, 9.17) is 13.6 Å². The number of hydrogen-bond acceptors (Lipinski definition) is 4. The van der Waals surface area contributed by atoms with Gasteiger partial charge in [-0.25, -0.2) is 0 Å². The van der Waals surface area contributed by atoms with Crippen LogP contribution in [-0.2, 0) is 11.3 Å². The van der Waals surface area contributed by atoms with Gasteiger partial charge in [0.25, 0.3) is 5.91 Å². The predicted molar refractivity (Wildman–Crippen MR) is 64.0 cm³/mol. The molecule has 0 aliphatic heterocycles. The summed E-state index contributed by atoms with van der Waals surface area (Å²) in [5, 5.41) is 0. The highest BCUT2D eigenvalue weighted by Crippen LogP contribution is 2.10. The molecule has 5 heteroatoms. The number of amides is 1. The normalized spacial score (nSPS) is 10.5. The maximum atomic E-state index is 12.2. The first-order valence-electron chi connectivity index (χ1n) is 5.64. The third kappa shape index (κ3) is 3.01. The van der Waals surface area contributed by atoms with Crippen molar-refractivity contribution in [3.63, 3.8) is 0 Å². The highest BCUT2D eigenvalue weighted by atomic mass is 16.5. The number of carbonyl (C=O) groups excluding carboxylic acids is 1. The number of hydrogen-bond donors (Lipinski definition) is 0. The fourth-order valence-electron chi connectivity index (χ4n) is 1.61. The van der Waals surface area contributed by atoms with Gasteiger partial charge in [-0.15, -0.1) is 0 Å². The quantitative estimate of drug-likeness (QED) is 0.787. The first-order valence-corrected chi connectivity index (χ1v) is 5.64. The van der Waals surface area contributed by atoms with E-state index in [2.05, 4.69) is 0 Å². The van der Waals surface area contributed by atoms with Crippen LogP contribution in [-0.4, -0.2) is 31.1 Å². The lowest BCUT2D eigenvalue weighted by Gasteiger charge is -2.20. The predicted octanol–water partition coefficient (Wildman–Crippen LogP) is 2.16. The summed E-state index contributed by atoms with van der Waals surface area (Å²) < 4.78 is 15.2. The first kappa shape index (κ1) is 12.4. The van der Waals surface area contributed by atoms with Gasteiger partial charge in [0.2, 0.25) is 0 Å². The second-order valence-corrected chi connectivity index (χ2v) is 3.81. The zero-order valence-corrected chi connectivity index (χ0v) is 10.2. The zero-order chi connectivity index (χ0) is 12.8. The van der Waals surface area contributed by atoms with Crippen LogP contribution < -0.4 is 0 Å². The summed E-state index contributed by atoms with van der Waals surface area (Å²) in [6.45, 7) is 1.39. The van der Waals surface area contributed by atoms with Crippen molar-refractivity contribution in [3.05, 3.63) is 48.3 Å². The third-order valence-electron chi connectivity index (χ3n) is 2.55. The van der Waals surface area contributed by atoms with E-state index in [0.29, 0.717) is 25.3 Å². The van der Waals surface area contributed by atoms with Crippen LogP contribution >= 0.6 is 0 Å². The number of furan rings is 2. The van der Waals surface area contributed by atoms with Crippen molar-refractivity contribution in [2.45, 2.75) is 6.54 Å². The summed E-state index contributed by atoms with van der Waals surface area (Å²) in [4.78, 5) is 13.9. The third-order valence-corrected chi connectivity index (χ3v) is 2.55. The average molecular weight is 249 g/mol. The van der Waals surface area contributed by atoms with Crippen molar-refractivity contribution in [1.82, 2.24) is 4.90 Å². The van der Waals surface area contributed by atoms with Crippen LogP contribution in [0.15, 0.2) is 45.8 Å². The Morgan fingerprint density at radius 1 is 1.39 bits per heavy atom. The van der Waals surface area contributed by atoms with Crippen molar-refractivity contribution in [2.75, 3.05) is 20.3 Å². The highest BCUT2D eigenvalue weighted by Gasteiger charge is 2.17. The van der Waals surface area contributed by atoms with Crippen LogP contribution in [0, 0.1) is 0 Å². The molecular weight excluding hydrogens is 234 g/mol. The number of nitrogens with zero attached hydrogens (tertiary/aromatic N) is 1. The van der Waals surface area contributed by atoms with Gasteiger partial charge in [-0.05, 0) is 18.2 Å². The van der Waals surface area contributed by atoms with Gasteiger partial charge in [0.1, 0.15) is 12.0 Å². The highest BCUT2D eigenvalue weighted by molar-refractivity contribution is 5.93. The zero-order valence-electron chi connectivity index (χ0n) is 10.2. The smallest absolute Gasteiger partial charge is 0.257 e. The Morgan fingerprint density at radius 2 is 2.28 bits per heavy atom. The van der Waals surface area contributed by atoms with Crippen LogP contribution in [0.3, 0.4) is 0 Å². The molecule has 0 spiro atoms. The molecule has 0 saturated heterocycles. The molecule has 0 saturated carbocycles. The van der Waals surface area contributed by atoms with Crippen molar-refractivity contribution in [2.24, 2.45) is 0 Å². The summed E-state index contributed by atoms with van der Waals surface area (Å²) in [5.41, 5.74) is 0.526. The summed E-state index contributed by atoms with van der Waals surface area (Å²) in [5.74, 6) is 0.639. The van der Waals surface area contributed by atoms with Crippen LogP contribution in [0.2, 0.25) is 0 Å². The number of ether oxygens (including phenoxy) is 1. The van der Waals surface area contributed by atoms with Crippen molar-refractivity contribution in [3.8, 4) is 0 Å². The minimum atomic E-state index is -0.0998. The maximum Gasteiger partial charge on any atom is 0.257 e. The molecular formula is C13H15NO4. The maximum absolute atomic E-state index is 12.2. The molecule has 2 heterocycles. The molecule has 1 amide bonds. The van der Waals surface area contributed by atoms with Gasteiger partial charge in [-0.1, -0.05) is 0 Å². The fourth-order valence-corrected chi connectivity index (χ4v) is 1.61. The molecule has 5 nitrogen and oxygen atoms in total. The minimum Gasteiger partial charge on any atom is -0.472 e. The topological polar surface area (TPSA) is 55.8 Å². The van der Waals surface area contributed by atoms with E-state index < -0.39 is 0 Å². The monoisotopic (exact) mass is 249 g/mol. The second-order valence-electron chi connectivity index (χ2n) is 3.81. The molecule has 0 aliphatic carbocycles. The molecule has 18 heavy (non-hydrogen) atoms. The van der Waals surface area contributed by atoms with E-state index in [9.17, 15) is 4.79 Å². The van der Waals surface area contributed by atoms with Gasteiger partial charge in [0.05, 0.1) is 31.2 Å². The van der Waals surface area contributed by atoms with Crippen LogP contribution in [0.25, 0.3) is 0 Å². The minimum absolute atomic E-state index is 0.0998. The number of methoxy groups -OCH3 is 1. The van der Waals surface area contributed by atoms with Crippen molar-refractivity contribution >= 4 is 5.91 Å². The molecule has 0 fully saturated rings. The van der Waals surface area contributed by atoms with E-state index in [1.54, 1.807) is 30.4 Å². The Balaban J connectivity index is 2.07. The summed E-state index contributed by atoms with van der Waals surface area (Å²) in [6.07, 6.45) is 4.51. The van der Waals surface area contributed by atoms with E-state index in [-0.39, 0.29) is 5.91 Å². The van der Waals surface area contributed by atoms with E-state index in [1.165, 1.54) is 12.5 Å². The van der Waals surface area contributed by atoms with Crippen molar-refractivity contribution < 1.29 is 18.4 Å². The molecule has 2 aromatic heterocycles. The molecule has 96 valence electrons. The van der Waals surface area contributed by atoms with Gasteiger partial charge >= 0.3 is 0 Å². The van der Waals surface area contributed by atoms with Crippen molar-refractivity contribution in [1.29, 1.82) is 0 Å². The lowest BCUT2D eigenvalue weighted by Crippen LogP contribution is -2.33. The molecule has 2 aromatic rings. The van der Waals surface area contributed by atoms with Crippen LogP contribution in [0.5, 0.6) is 0 Å². The van der Waals surface area contributed by atoms with E-state index in [0.717, 1.165) is 5.76 Å². The number of carbonyl (C=O) groups is 1. The van der Waals surface area contributed by atoms with Gasteiger partial charge in [0.15, 0.2) is 0 Å². The largest absolute Gasteiger partial charge is 0.472 e. The molecule has 0 aliphatic rings.